The molecule has 0 bridgehead atoms. The van der Waals surface area contributed by atoms with E-state index in [1.165, 1.54) is 24.0 Å². The van der Waals surface area contributed by atoms with Crippen LogP contribution in [0.4, 0.5) is 0 Å². The number of ether oxygens (including phenoxy) is 1. The van der Waals surface area contributed by atoms with Crippen LogP contribution in [0.5, 0.6) is 5.88 Å². The van der Waals surface area contributed by atoms with Crippen LogP contribution in [-0.4, -0.2) is 17.1 Å². The molecule has 1 saturated carbocycles. The Kier molecular flexibility index (Phi) is 5.63. The van der Waals surface area contributed by atoms with Crippen molar-refractivity contribution in [1.82, 2.24) is 10.3 Å². The Balaban J connectivity index is 2.12. The third-order valence-corrected chi connectivity index (χ3v) is 4.37. The molecule has 0 unspecified atom stereocenters. The second-order valence-electron chi connectivity index (χ2n) is 6.90. The molecule has 1 fully saturated rings. The molecule has 1 N–H and O–H groups in total. The molecule has 0 aliphatic heterocycles. The minimum atomic E-state index is 0.340. The van der Waals surface area contributed by atoms with E-state index in [1.54, 1.807) is 0 Å². The van der Waals surface area contributed by atoms with Crippen LogP contribution < -0.4 is 10.1 Å². The third-order valence-electron chi connectivity index (χ3n) is 4.37. The summed E-state index contributed by atoms with van der Waals surface area (Å²) in [6.45, 7) is 11.7. The highest BCUT2D eigenvalue weighted by atomic mass is 16.5. The van der Waals surface area contributed by atoms with E-state index in [-0.39, 0.29) is 0 Å². The van der Waals surface area contributed by atoms with Crippen molar-refractivity contribution in [3.63, 3.8) is 0 Å². The summed E-state index contributed by atoms with van der Waals surface area (Å²) in [4.78, 5) is 4.66. The Hall–Kier alpha value is -1.09. The maximum atomic E-state index is 6.28. The van der Waals surface area contributed by atoms with Gasteiger partial charge < -0.3 is 10.1 Å². The first kappa shape index (κ1) is 16.3. The van der Waals surface area contributed by atoms with Gasteiger partial charge >= 0.3 is 0 Å². The van der Waals surface area contributed by atoms with Gasteiger partial charge in [0.1, 0.15) is 6.10 Å². The highest BCUT2D eigenvalue weighted by Crippen LogP contribution is 2.29. The average molecular weight is 290 g/mol. The van der Waals surface area contributed by atoms with Crippen LogP contribution in [0, 0.1) is 19.8 Å². The summed E-state index contributed by atoms with van der Waals surface area (Å²) in [5.41, 5.74) is 3.53. The van der Waals surface area contributed by atoms with Gasteiger partial charge in [-0.05, 0) is 57.1 Å². The topological polar surface area (TPSA) is 34.1 Å². The summed E-state index contributed by atoms with van der Waals surface area (Å²) >= 11 is 0. The highest BCUT2D eigenvalue weighted by Gasteiger charge is 2.21. The number of nitrogens with zero attached hydrogens (tertiary/aromatic N) is 1. The first-order valence-electron chi connectivity index (χ1n) is 8.33. The van der Waals surface area contributed by atoms with Gasteiger partial charge in [0.05, 0.1) is 0 Å². The number of hydrogen-bond donors (Lipinski definition) is 1. The molecule has 0 atom stereocenters. The van der Waals surface area contributed by atoms with Crippen LogP contribution in [-0.2, 0) is 6.54 Å². The van der Waals surface area contributed by atoms with Crippen molar-refractivity contribution < 1.29 is 4.74 Å². The van der Waals surface area contributed by atoms with E-state index >= 15 is 0 Å². The SMILES string of the molecule is Cc1cc(C)c(CNC(C)C)c(OC2CCC(C)CC2)n1. The second-order valence-corrected chi connectivity index (χ2v) is 6.90. The number of pyridine rings is 1. The van der Waals surface area contributed by atoms with E-state index in [0.29, 0.717) is 12.1 Å². The maximum Gasteiger partial charge on any atom is 0.218 e. The van der Waals surface area contributed by atoms with Gasteiger partial charge in [-0.15, -0.1) is 0 Å². The normalized spacial score (nSPS) is 22.6. The van der Waals surface area contributed by atoms with E-state index < -0.39 is 0 Å². The first-order chi connectivity index (χ1) is 9.95. The molecule has 2 rings (SSSR count). The van der Waals surface area contributed by atoms with Gasteiger partial charge in [-0.3, -0.25) is 0 Å². The van der Waals surface area contributed by atoms with Gasteiger partial charge in [0.25, 0.3) is 0 Å². The predicted octanol–water partition coefficient (Wildman–Crippen LogP) is 4.15. The van der Waals surface area contributed by atoms with Crippen molar-refractivity contribution >= 4 is 0 Å². The van der Waals surface area contributed by atoms with Gasteiger partial charge in [0, 0.05) is 23.8 Å². The molecule has 3 nitrogen and oxygen atoms in total. The standard InChI is InChI=1S/C18H30N2O/c1-12(2)19-11-17-14(4)10-15(5)20-18(17)21-16-8-6-13(3)7-9-16/h10,12-13,16,19H,6-9,11H2,1-5H3. The predicted molar refractivity (Wildman–Crippen MR) is 87.7 cm³/mol. The lowest BCUT2D eigenvalue weighted by atomic mass is 9.89. The van der Waals surface area contributed by atoms with E-state index in [0.717, 1.165) is 36.9 Å². The van der Waals surface area contributed by atoms with E-state index in [4.69, 9.17) is 4.74 Å². The monoisotopic (exact) mass is 290 g/mol. The number of aryl methyl sites for hydroxylation is 2. The Morgan fingerprint density at radius 3 is 2.52 bits per heavy atom. The molecule has 21 heavy (non-hydrogen) atoms. The summed E-state index contributed by atoms with van der Waals surface area (Å²) in [5.74, 6) is 1.69. The maximum absolute atomic E-state index is 6.28. The van der Waals surface area contributed by atoms with Gasteiger partial charge in [-0.1, -0.05) is 20.8 Å². The summed E-state index contributed by atoms with van der Waals surface area (Å²) < 4.78 is 6.28. The summed E-state index contributed by atoms with van der Waals surface area (Å²) in [7, 11) is 0. The lowest BCUT2D eigenvalue weighted by Gasteiger charge is -2.27. The molecule has 0 radical (unpaired) electrons. The molecule has 118 valence electrons. The fourth-order valence-corrected chi connectivity index (χ4v) is 2.95. The zero-order valence-electron chi connectivity index (χ0n) is 14.2. The van der Waals surface area contributed by atoms with Gasteiger partial charge in [-0.2, -0.15) is 0 Å². The lowest BCUT2D eigenvalue weighted by Crippen LogP contribution is -2.26. The number of rotatable bonds is 5. The summed E-state index contributed by atoms with van der Waals surface area (Å²) in [6.07, 6.45) is 5.21. The van der Waals surface area contributed by atoms with E-state index in [9.17, 15) is 0 Å². The van der Waals surface area contributed by atoms with Crippen molar-refractivity contribution in [1.29, 1.82) is 0 Å². The molecule has 0 spiro atoms. The van der Waals surface area contributed by atoms with Crippen molar-refractivity contribution in [3.8, 4) is 5.88 Å². The van der Waals surface area contributed by atoms with E-state index in [2.05, 4.69) is 44.1 Å². The largest absolute Gasteiger partial charge is 0.474 e. The van der Waals surface area contributed by atoms with Crippen LogP contribution >= 0.6 is 0 Å². The molecular weight excluding hydrogens is 260 g/mol. The Morgan fingerprint density at radius 2 is 1.90 bits per heavy atom. The van der Waals surface area contributed by atoms with Crippen LogP contribution in [0.2, 0.25) is 0 Å². The smallest absolute Gasteiger partial charge is 0.218 e. The summed E-state index contributed by atoms with van der Waals surface area (Å²) in [6, 6.07) is 2.61. The Morgan fingerprint density at radius 1 is 1.24 bits per heavy atom. The van der Waals surface area contributed by atoms with Crippen LogP contribution in [0.15, 0.2) is 6.07 Å². The minimum absolute atomic E-state index is 0.340. The quantitative estimate of drug-likeness (QED) is 0.884. The van der Waals surface area contributed by atoms with Gasteiger partial charge in [0.2, 0.25) is 5.88 Å². The van der Waals surface area contributed by atoms with E-state index in [1.807, 2.05) is 6.92 Å². The molecule has 1 aliphatic rings. The molecule has 1 aromatic rings. The first-order valence-corrected chi connectivity index (χ1v) is 8.33. The fourth-order valence-electron chi connectivity index (χ4n) is 2.95. The molecule has 3 heteroatoms. The Bertz CT molecular complexity index is 463. The highest BCUT2D eigenvalue weighted by molar-refractivity contribution is 5.36. The lowest BCUT2D eigenvalue weighted by molar-refractivity contribution is 0.128. The molecule has 0 saturated heterocycles. The molecule has 1 heterocycles. The molecule has 0 aromatic carbocycles. The van der Waals surface area contributed by atoms with Crippen LogP contribution in [0.25, 0.3) is 0 Å². The molecule has 1 aliphatic carbocycles. The van der Waals surface area contributed by atoms with Crippen molar-refractivity contribution in [3.05, 3.63) is 22.9 Å². The number of nitrogens with one attached hydrogen (secondary N) is 1. The fraction of sp³-hybridized carbons (Fsp3) is 0.722. The Labute approximate surface area is 129 Å². The molecular formula is C18H30N2O. The van der Waals surface area contributed by atoms with Crippen molar-refractivity contribution in [2.24, 2.45) is 5.92 Å². The molecule has 0 amide bonds. The average Bonchev–Trinajstić information content (AvgIpc) is 2.40. The van der Waals surface area contributed by atoms with Crippen LogP contribution in [0.1, 0.15) is 63.3 Å². The van der Waals surface area contributed by atoms with Crippen LogP contribution in [0.3, 0.4) is 0 Å². The number of aromatic nitrogens is 1. The number of hydrogen-bond acceptors (Lipinski definition) is 3. The van der Waals surface area contributed by atoms with Gasteiger partial charge in [0.15, 0.2) is 0 Å². The summed E-state index contributed by atoms with van der Waals surface area (Å²) in [5, 5.41) is 3.49. The minimum Gasteiger partial charge on any atom is -0.474 e. The third kappa shape index (κ3) is 4.70. The van der Waals surface area contributed by atoms with Crippen molar-refractivity contribution in [2.75, 3.05) is 0 Å². The zero-order valence-corrected chi connectivity index (χ0v) is 14.2. The zero-order chi connectivity index (χ0) is 15.4. The van der Waals surface area contributed by atoms with Gasteiger partial charge in [-0.25, -0.2) is 4.98 Å². The molecule has 1 aromatic heterocycles. The second kappa shape index (κ2) is 7.26. The van der Waals surface area contributed by atoms with Crippen molar-refractivity contribution in [2.45, 2.75) is 79.0 Å².